The van der Waals surface area contributed by atoms with E-state index in [1.54, 1.807) is 6.20 Å². The number of aryl methyl sites for hydroxylation is 1. The molecule has 2 atom stereocenters. The number of nitrogens with one attached hydrogen (secondary N) is 1. The third-order valence-corrected chi connectivity index (χ3v) is 4.69. The monoisotopic (exact) mass is 303 g/mol. The van der Waals surface area contributed by atoms with Crippen LogP contribution < -0.4 is 4.72 Å². The molecule has 0 aliphatic carbocycles. The van der Waals surface area contributed by atoms with Crippen LogP contribution in [0.3, 0.4) is 0 Å². The third-order valence-electron chi connectivity index (χ3n) is 3.32. The zero-order valence-corrected chi connectivity index (χ0v) is 12.6. The Morgan fingerprint density at radius 3 is 3.10 bits per heavy atom. The summed E-state index contributed by atoms with van der Waals surface area (Å²) in [4.78, 5) is 4.29. The highest BCUT2D eigenvalue weighted by atomic mass is 32.2. The van der Waals surface area contributed by atoms with Crippen LogP contribution in [0.25, 0.3) is 0 Å². The Morgan fingerprint density at radius 1 is 1.60 bits per heavy atom. The van der Waals surface area contributed by atoms with Gasteiger partial charge in [0, 0.05) is 32.7 Å². The van der Waals surface area contributed by atoms with Crippen molar-refractivity contribution in [1.29, 1.82) is 0 Å². The minimum absolute atomic E-state index is 0.0467. The highest BCUT2D eigenvalue weighted by Gasteiger charge is 2.35. The van der Waals surface area contributed by atoms with E-state index >= 15 is 0 Å². The Hall–Kier alpha value is -0.960. The third kappa shape index (κ3) is 3.57. The smallest absolute Gasteiger partial charge is 0.214 e. The van der Waals surface area contributed by atoms with Gasteiger partial charge in [-0.3, -0.25) is 0 Å². The maximum atomic E-state index is 11.9. The van der Waals surface area contributed by atoms with E-state index in [-0.39, 0.29) is 24.5 Å². The molecule has 1 fully saturated rings. The average Bonchev–Trinajstić information content (AvgIpc) is 3.03. The lowest BCUT2D eigenvalue weighted by molar-refractivity contribution is 0.0925. The maximum absolute atomic E-state index is 11.9. The standard InChI is InChI=1S/C12H21N3O4S/c1-3-15-6-5-13-12(15)11-10(4-7-19-11)14-20(16,17)9-8-18-2/h5-6,10-11,14H,3-4,7-9H2,1-2H3/t10-,11-/m0/s1. The summed E-state index contributed by atoms with van der Waals surface area (Å²) in [5.74, 6) is 0.721. The molecule has 0 saturated carbocycles. The molecule has 1 aromatic rings. The lowest BCUT2D eigenvalue weighted by atomic mass is 10.1. The Bertz CT molecular complexity index is 529. The van der Waals surface area contributed by atoms with Crippen LogP contribution in [0.1, 0.15) is 25.3 Å². The number of methoxy groups -OCH3 is 1. The molecule has 1 saturated heterocycles. The maximum Gasteiger partial charge on any atom is 0.214 e. The fraction of sp³-hybridized carbons (Fsp3) is 0.750. The normalized spacial score (nSPS) is 23.3. The number of hydrogen-bond donors (Lipinski definition) is 1. The Balaban J connectivity index is 2.08. The van der Waals surface area contributed by atoms with Gasteiger partial charge in [0.1, 0.15) is 11.9 Å². The zero-order valence-electron chi connectivity index (χ0n) is 11.8. The molecule has 1 aliphatic heterocycles. The Kier molecular flexibility index (Phi) is 5.14. The molecule has 0 radical (unpaired) electrons. The molecule has 20 heavy (non-hydrogen) atoms. The number of imidazole rings is 1. The van der Waals surface area contributed by atoms with Crippen LogP contribution in [-0.2, 0) is 26.0 Å². The first kappa shape index (κ1) is 15.4. The Labute approximate surface area is 119 Å². The second-order valence-corrected chi connectivity index (χ2v) is 6.56. The first-order valence-corrected chi connectivity index (χ1v) is 8.34. The van der Waals surface area contributed by atoms with Gasteiger partial charge in [0.25, 0.3) is 0 Å². The van der Waals surface area contributed by atoms with Crippen LogP contribution in [0, 0.1) is 0 Å². The van der Waals surface area contributed by atoms with Crippen molar-refractivity contribution in [1.82, 2.24) is 14.3 Å². The fourth-order valence-corrected chi connectivity index (χ4v) is 3.50. The fourth-order valence-electron chi connectivity index (χ4n) is 2.29. The molecule has 0 amide bonds. The summed E-state index contributed by atoms with van der Waals surface area (Å²) in [6, 6.07) is -0.274. The van der Waals surface area contributed by atoms with E-state index in [2.05, 4.69) is 9.71 Å². The first-order chi connectivity index (χ1) is 9.57. The molecule has 7 nitrogen and oxygen atoms in total. The zero-order chi connectivity index (χ0) is 14.6. The van der Waals surface area contributed by atoms with Crippen molar-refractivity contribution < 1.29 is 17.9 Å². The minimum atomic E-state index is -3.36. The van der Waals surface area contributed by atoms with Crippen LogP contribution in [-0.4, -0.2) is 50.1 Å². The van der Waals surface area contributed by atoms with Crippen molar-refractivity contribution in [2.75, 3.05) is 26.1 Å². The van der Waals surface area contributed by atoms with Gasteiger partial charge in [0.15, 0.2) is 0 Å². The molecule has 2 rings (SSSR count). The van der Waals surface area contributed by atoms with E-state index in [0.29, 0.717) is 13.0 Å². The summed E-state index contributed by atoms with van der Waals surface area (Å²) in [6.07, 6.45) is 3.89. The minimum Gasteiger partial charge on any atom is -0.384 e. The second-order valence-electron chi connectivity index (χ2n) is 4.69. The topological polar surface area (TPSA) is 82.5 Å². The van der Waals surface area contributed by atoms with Gasteiger partial charge >= 0.3 is 0 Å². The van der Waals surface area contributed by atoms with Gasteiger partial charge in [-0.15, -0.1) is 0 Å². The number of ether oxygens (including phenoxy) is 2. The number of aromatic nitrogens is 2. The molecule has 114 valence electrons. The summed E-state index contributed by atoms with van der Waals surface area (Å²) in [5.41, 5.74) is 0. The van der Waals surface area contributed by atoms with E-state index in [1.165, 1.54) is 7.11 Å². The molecule has 0 unspecified atom stereocenters. The summed E-state index contributed by atoms with van der Waals surface area (Å²) in [5, 5.41) is 0. The number of rotatable bonds is 7. The molecular weight excluding hydrogens is 282 g/mol. The average molecular weight is 303 g/mol. The van der Waals surface area contributed by atoms with Crippen LogP contribution in [0.15, 0.2) is 12.4 Å². The van der Waals surface area contributed by atoms with Crippen LogP contribution in [0.2, 0.25) is 0 Å². The van der Waals surface area contributed by atoms with E-state index in [0.717, 1.165) is 12.4 Å². The number of sulfonamides is 1. The highest BCUT2D eigenvalue weighted by molar-refractivity contribution is 7.89. The van der Waals surface area contributed by atoms with Gasteiger partial charge in [-0.05, 0) is 13.3 Å². The lowest BCUT2D eigenvalue weighted by Gasteiger charge is -2.20. The quantitative estimate of drug-likeness (QED) is 0.783. The Morgan fingerprint density at radius 2 is 2.40 bits per heavy atom. The van der Waals surface area contributed by atoms with Gasteiger partial charge in [0.05, 0.1) is 18.4 Å². The highest BCUT2D eigenvalue weighted by Crippen LogP contribution is 2.28. The molecule has 2 heterocycles. The van der Waals surface area contributed by atoms with E-state index in [9.17, 15) is 8.42 Å². The summed E-state index contributed by atoms with van der Waals surface area (Å²) >= 11 is 0. The summed E-state index contributed by atoms with van der Waals surface area (Å²) in [6.45, 7) is 3.49. The predicted octanol–water partition coefficient (Wildman–Crippen LogP) is 0.299. The van der Waals surface area contributed by atoms with Crippen LogP contribution >= 0.6 is 0 Å². The van der Waals surface area contributed by atoms with Crippen molar-refractivity contribution in [3.63, 3.8) is 0 Å². The summed E-state index contributed by atoms with van der Waals surface area (Å²) in [7, 11) is -1.88. The van der Waals surface area contributed by atoms with Crippen molar-refractivity contribution >= 4 is 10.0 Å². The van der Waals surface area contributed by atoms with Gasteiger partial charge in [0.2, 0.25) is 10.0 Å². The van der Waals surface area contributed by atoms with E-state index in [4.69, 9.17) is 9.47 Å². The lowest BCUT2D eigenvalue weighted by Crippen LogP contribution is -2.39. The van der Waals surface area contributed by atoms with Crippen LogP contribution in [0.4, 0.5) is 0 Å². The number of nitrogens with zero attached hydrogens (tertiary/aromatic N) is 2. The van der Waals surface area contributed by atoms with Gasteiger partial charge < -0.3 is 14.0 Å². The van der Waals surface area contributed by atoms with Gasteiger partial charge in [-0.25, -0.2) is 18.1 Å². The van der Waals surface area contributed by atoms with Crippen molar-refractivity contribution in [3.8, 4) is 0 Å². The van der Waals surface area contributed by atoms with Crippen LogP contribution in [0.5, 0.6) is 0 Å². The largest absolute Gasteiger partial charge is 0.384 e. The van der Waals surface area contributed by atoms with E-state index in [1.807, 2.05) is 17.7 Å². The molecule has 0 aromatic carbocycles. The molecule has 8 heteroatoms. The second kappa shape index (κ2) is 6.66. The molecule has 1 aliphatic rings. The first-order valence-electron chi connectivity index (χ1n) is 6.69. The SMILES string of the molecule is CCn1ccnc1[C@H]1OCC[C@@H]1NS(=O)(=O)CCOC. The van der Waals surface area contributed by atoms with Gasteiger partial charge in [-0.2, -0.15) is 0 Å². The molecular formula is C12H21N3O4S. The molecule has 0 bridgehead atoms. The predicted molar refractivity (Wildman–Crippen MR) is 73.8 cm³/mol. The van der Waals surface area contributed by atoms with Gasteiger partial charge in [-0.1, -0.05) is 0 Å². The molecule has 1 N–H and O–H groups in total. The van der Waals surface area contributed by atoms with Crippen molar-refractivity contribution in [3.05, 3.63) is 18.2 Å². The molecule has 0 spiro atoms. The summed E-state index contributed by atoms with van der Waals surface area (Å²) < 4.78 is 39.0. The molecule has 1 aromatic heterocycles. The van der Waals surface area contributed by atoms with Crippen molar-refractivity contribution in [2.45, 2.75) is 32.0 Å². The van der Waals surface area contributed by atoms with Crippen molar-refractivity contribution in [2.24, 2.45) is 0 Å². The van der Waals surface area contributed by atoms with E-state index < -0.39 is 10.0 Å². The number of hydrogen-bond acceptors (Lipinski definition) is 5.